The number of hydrogen-bond donors (Lipinski definition) is 3. The van der Waals surface area contributed by atoms with Gasteiger partial charge in [-0.15, -0.1) is 0 Å². The summed E-state index contributed by atoms with van der Waals surface area (Å²) in [5, 5.41) is 2.30. The van der Waals surface area contributed by atoms with Gasteiger partial charge >= 0.3 is 11.8 Å². The Balaban J connectivity index is 1.74. The number of sulfone groups is 1. The normalized spacial score (nSPS) is 10.9. The van der Waals surface area contributed by atoms with Crippen LogP contribution in [-0.4, -0.2) is 31.9 Å². The molecule has 0 unspecified atom stereocenters. The fourth-order valence-corrected chi connectivity index (χ4v) is 3.24. The Kier molecular flexibility index (Phi) is 6.72. The number of benzene rings is 1. The highest BCUT2D eigenvalue weighted by Gasteiger charge is 2.18. The Bertz CT molecular complexity index is 905. The van der Waals surface area contributed by atoms with E-state index in [1.54, 1.807) is 24.3 Å². The van der Waals surface area contributed by atoms with Gasteiger partial charge in [0.1, 0.15) is 5.76 Å². The number of nitrogens with one attached hydrogen (secondary N) is 3. The smallest absolute Gasteiger partial charge is 0.327 e. The van der Waals surface area contributed by atoms with Gasteiger partial charge in [-0.05, 0) is 31.2 Å². The second-order valence-electron chi connectivity index (χ2n) is 5.65. The van der Waals surface area contributed by atoms with E-state index in [1.165, 1.54) is 18.4 Å². The molecule has 9 nitrogen and oxygen atoms in total. The maximum Gasteiger partial charge on any atom is 0.327 e. The molecule has 3 N–H and O–H groups in total. The first-order valence-electron chi connectivity index (χ1n) is 7.97. The summed E-state index contributed by atoms with van der Waals surface area (Å²) < 4.78 is 29.3. The van der Waals surface area contributed by atoms with Crippen LogP contribution in [-0.2, 0) is 30.8 Å². The van der Waals surface area contributed by atoms with Gasteiger partial charge in [-0.25, -0.2) is 8.42 Å². The number of rotatable bonds is 6. The average molecular weight is 393 g/mol. The van der Waals surface area contributed by atoms with E-state index in [2.05, 4.69) is 5.32 Å². The number of hydrazine groups is 1. The Morgan fingerprint density at radius 3 is 2.33 bits per heavy atom. The minimum absolute atomic E-state index is 0.0159. The van der Waals surface area contributed by atoms with Gasteiger partial charge < -0.3 is 9.73 Å². The molecule has 2 rings (SSSR count). The van der Waals surface area contributed by atoms with Crippen molar-refractivity contribution in [2.75, 3.05) is 5.75 Å². The molecule has 0 saturated carbocycles. The van der Waals surface area contributed by atoms with E-state index < -0.39 is 33.3 Å². The van der Waals surface area contributed by atoms with E-state index in [0.717, 1.165) is 5.56 Å². The molecule has 2 aromatic rings. The number of hydrogen-bond acceptors (Lipinski definition) is 6. The second kappa shape index (κ2) is 8.99. The minimum atomic E-state index is -3.62. The van der Waals surface area contributed by atoms with E-state index >= 15 is 0 Å². The summed E-state index contributed by atoms with van der Waals surface area (Å²) in [5.74, 6) is -2.77. The average Bonchev–Trinajstić information content (AvgIpc) is 3.16. The van der Waals surface area contributed by atoms with Crippen molar-refractivity contribution in [1.82, 2.24) is 16.2 Å². The van der Waals surface area contributed by atoms with Crippen LogP contribution in [0.3, 0.4) is 0 Å². The van der Waals surface area contributed by atoms with Crippen molar-refractivity contribution in [2.24, 2.45) is 0 Å². The second-order valence-corrected chi connectivity index (χ2v) is 7.76. The van der Waals surface area contributed by atoms with Crippen LogP contribution >= 0.6 is 0 Å². The Labute approximate surface area is 156 Å². The van der Waals surface area contributed by atoms with Crippen molar-refractivity contribution >= 4 is 27.6 Å². The monoisotopic (exact) mass is 393 g/mol. The molecule has 27 heavy (non-hydrogen) atoms. The number of amides is 3. The van der Waals surface area contributed by atoms with Gasteiger partial charge in [0.15, 0.2) is 9.84 Å². The summed E-state index contributed by atoms with van der Waals surface area (Å²) in [5.41, 5.74) is 4.84. The lowest BCUT2D eigenvalue weighted by molar-refractivity contribution is -0.141. The zero-order chi connectivity index (χ0) is 19.9. The van der Waals surface area contributed by atoms with Crippen LogP contribution in [0.25, 0.3) is 0 Å². The fraction of sp³-hybridized carbons (Fsp3) is 0.235. The molecule has 0 aliphatic rings. The van der Waals surface area contributed by atoms with Gasteiger partial charge in [-0.1, -0.05) is 17.7 Å². The molecule has 0 radical (unpaired) electrons. The van der Waals surface area contributed by atoms with Gasteiger partial charge in [0.25, 0.3) is 0 Å². The minimum Gasteiger partial charge on any atom is -0.467 e. The molecule has 0 spiro atoms. The molecule has 0 saturated heterocycles. The number of carbonyl (C=O) groups is 3. The third-order valence-electron chi connectivity index (χ3n) is 3.50. The van der Waals surface area contributed by atoms with Crippen LogP contribution in [0, 0.1) is 6.92 Å². The maximum absolute atomic E-state index is 12.2. The number of furan rings is 1. The van der Waals surface area contributed by atoms with Crippen LogP contribution in [0.5, 0.6) is 0 Å². The predicted molar refractivity (Wildman–Crippen MR) is 94.7 cm³/mol. The van der Waals surface area contributed by atoms with Crippen LogP contribution in [0.2, 0.25) is 0 Å². The zero-order valence-corrected chi connectivity index (χ0v) is 15.3. The first kappa shape index (κ1) is 20.2. The van der Waals surface area contributed by atoms with Gasteiger partial charge in [0.2, 0.25) is 5.91 Å². The van der Waals surface area contributed by atoms with Crippen molar-refractivity contribution < 1.29 is 27.2 Å². The Morgan fingerprint density at radius 2 is 1.70 bits per heavy atom. The highest BCUT2D eigenvalue weighted by Crippen LogP contribution is 2.12. The number of carbonyl (C=O) groups excluding carboxylic acids is 3. The molecular formula is C17H19N3O6S. The molecule has 3 amide bonds. The third kappa shape index (κ3) is 6.26. The molecule has 1 heterocycles. The molecule has 0 fully saturated rings. The fourth-order valence-electron chi connectivity index (χ4n) is 2.00. The summed E-state index contributed by atoms with van der Waals surface area (Å²) in [6.07, 6.45) is 1.05. The first-order chi connectivity index (χ1) is 12.8. The summed E-state index contributed by atoms with van der Waals surface area (Å²) in [4.78, 5) is 35.0. The molecule has 0 atom stereocenters. The van der Waals surface area contributed by atoms with E-state index in [9.17, 15) is 22.8 Å². The van der Waals surface area contributed by atoms with Crippen LogP contribution in [0.15, 0.2) is 52.0 Å². The molecule has 0 bridgehead atoms. The standard InChI is InChI=1S/C17H19N3O6S/c1-12-4-6-14(7-5-12)27(24,25)10-8-15(21)19-20-17(23)16(22)18-11-13-3-2-9-26-13/h2-7,9H,8,10-11H2,1H3,(H,18,22)(H,19,21)(H,20,23). The Morgan fingerprint density at radius 1 is 1.00 bits per heavy atom. The molecule has 10 heteroatoms. The first-order valence-corrected chi connectivity index (χ1v) is 9.62. The lowest BCUT2D eigenvalue weighted by Crippen LogP contribution is -2.48. The lowest BCUT2D eigenvalue weighted by atomic mass is 10.2. The van der Waals surface area contributed by atoms with E-state index in [0.29, 0.717) is 5.76 Å². The van der Waals surface area contributed by atoms with E-state index in [4.69, 9.17) is 4.42 Å². The van der Waals surface area contributed by atoms with Crippen LogP contribution in [0.4, 0.5) is 0 Å². The molecule has 0 aliphatic heterocycles. The molecule has 144 valence electrons. The molecule has 1 aromatic heterocycles. The van der Waals surface area contributed by atoms with E-state index in [1.807, 2.05) is 17.8 Å². The quantitative estimate of drug-likeness (QED) is 0.475. The van der Waals surface area contributed by atoms with E-state index in [-0.39, 0.29) is 17.9 Å². The lowest BCUT2D eigenvalue weighted by Gasteiger charge is -2.08. The Hall–Kier alpha value is -3.14. The van der Waals surface area contributed by atoms with Crippen LogP contribution in [0.1, 0.15) is 17.7 Å². The molecule has 1 aromatic carbocycles. The zero-order valence-electron chi connectivity index (χ0n) is 14.5. The molecular weight excluding hydrogens is 374 g/mol. The van der Waals surface area contributed by atoms with Crippen molar-refractivity contribution in [3.63, 3.8) is 0 Å². The van der Waals surface area contributed by atoms with Gasteiger partial charge in [0.05, 0.1) is 23.5 Å². The van der Waals surface area contributed by atoms with Crippen molar-refractivity contribution in [2.45, 2.75) is 24.8 Å². The molecule has 0 aliphatic carbocycles. The topological polar surface area (TPSA) is 135 Å². The van der Waals surface area contributed by atoms with Gasteiger partial charge in [-0.3, -0.25) is 25.2 Å². The van der Waals surface area contributed by atoms with Crippen LogP contribution < -0.4 is 16.2 Å². The summed E-state index contributed by atoms with van der Waals surface area (Å²) in [6.45, 7) is 1.85. The SMILES string of the molecule is Cc1ccc(S(=O)(=O)CCC(=O)NNC(=O)C(=O)NCc2ccco2)cc1. The van der Waals surface area contributed by atoms with Crippen molar-refractivity contribution in [3.8, 4) is 0 Å². The van der Waals surface area contributed by atoms with Gasteiger partial charge in [-0.2, -0.15) is 0 Å². The summed E-state index contributed by atoms with van der Waals surface area (Å²) >= 11 is 0. The van der Waals surface area contributed by atoms with Gasteiger partial charge in [0, 0.05) is 6.42 Å². The number of aryl methyl sites for hydroxylation is 1. The van der Waals surface area contributed by atoms with Crippen molar-refractivity contribution in [1.29, 1.82) is 0 Å². The summed E-state index contributed by atoms with van der Waals surface area (Å²) in [6, 6.07) is 9.51. The largest absolute Gasteiger partial charge is 0.467 e. The highest BCUT2D eigenvalue weighted by molar-refractivity contribution is 7.91. The summed E-state index contributed by atoms with van der Waals surface area (Å²) in [7, 11) is -3.62. The third-order valence-corrected chi connectivity index (χ3v) is 5.23. The van der Waals surface area contributed by atoms with Crippen molar-refractivity contribution in [3.05, 3.63) is 54.0 Å². The maximum atomic E-state index is 12.2. The predicted octanol–water partition coefficient (Wildman–Crippen LogP) is 0.216. The highest BCUT2D eigenvalue weighted by atomic mass is 32.2.